The summed E-state index contributed by atoms with van der Waals surface area (Å²) in [4.78, 5) is 2.28. The largest absolute Gasteiger partial charge is 0.497 e. The summed E-state index contributed by atoms with van der Waals surface area (Å²) in [5, 5.41) is 3.26. The number of rotatable bonds is 7. The van der Waals surface area contributed by atoms with Crippen molar-refractivity contribution in [1.29, 1.82) is 0 Å². The summed E-state index contributed by atoms with van der Waals surface area (Å²) >= 11 is 0. The molecule has 0 amide bonds. The van der Waals surface area contributed by atoms with E-state index in [4.69, 9.17) is 4.74 Å². The zero-order chi connectivity index (χ0) is 12.7. The second-order valence-electron chi connectivity index (χ2n) is 4.45. The first-order valence-corrected chi connectivity index (χ1v) is 6.20. The van der Waals surface area contributed by atoms with Crippen molar-refractivity contribution in [2.24, 2.45) is 0 Å². The van der Waals surface area contributed by atoms with Crippen molar-refractivity contribution < 1.29 is 4.74 Å². The van der Waals surface area contributed by atoms with Gasteiger partial charge in [0.05, 0.1) is 7.11 Å². The Morgan fingerprint density at radius 3 is 2.47 bits per heavy atom. The van der Waals surface area contributed by atoms with E-state index in [1.165, 1.54) is 18.5 Å². The van der Waals surface area contributed by atoms with Crippen LogP contribution in [0.1, 0.15) is 19.8 Å². The Hall–Kier alpha value is -1.22. The Kier molecular flexibility index (Phi) is 5.84. The van der Waals surface area contributed by atoms with Crippen LogP contribution in [-0.4, -0.2) is 33.8 Å². The summed E-state index contributed by atoms with van der Waals surface area (Å²) in [6, 6.07) is 8.80. The minimum absolute atomic E-state index is 0.597. The van der Waals surface area contributed by atoms with E-state index in [-0.39, 0.29) is 0 Å². The molecule has 0 heterocycles. The van der Waals surface area contributed by atoms with Gasteiger partial charge in [-0.2, -0.15) is 0 Å². The lowest BCUT2D eigenvalue weighted by molar-refractivity contribution is 0.415. The van der Waals surface area contributed by atoms with Crippen LogP contribution >= 0.6 is 0 Å². The van der Waals surface area contributed by atoms with Crippen LogP contribution in [0.3, 0.4) is 0 Å². The molecule has 1 unspecified atom stereocenters. The van der Waals surface area contributed by atoms with Crippen LogP contribution in [0, 0.1) is 0 Å². The highest BCUT2D eigenvalue weighted by molar-refractivity contribution is 5.48. The van der Waals surface area contributed by atoms with Crippen molar-refractivity contribution in [3.8, 4) is 5.75 Å². The van der Waals surface area contributed by atoms with Crippen LogP contribution in [0.2, 0.25) is 0 Å². The van der Waals surface area contributed by atoms with Crippen molar-refractivity contribution in [2.45, 2.75) is 25.8 Å². The number of hydrogen-bond donors (Lipinski definition) is 1. The number of ether oxygens (including phenoxy) is 1. The van der Waals surface area contributed by atoms with Gasteiger partial charge in [0.1, 0.15) is 5.75 Å². The molecule has 3 heteroatoms. The molecule has 0 aromatic heterocycles. The number of hydrogen-bond acceptors (Lipinski definition) is 3. The van der Waals surface area contributed by atoms with Crippen LogP contribution in [0.5, 0.6) is 5.75 Å². The zero-order valence-corrected chi connectivity index (χ0v) is 11.4. The Labute approximate surface area is 105 Å². The molecular weight excluding hydrogens is 212 g/mol. The Morgan fingerprint density at radius 1 is 1.29 bits per heavy atom. The Morgan fingerprint density at radius 2 is 1.94 bits per heavy atom. The molecule has 0 saturated heterocycles. The van der Waals surface area contributed by atoms with Crippen molar-refractivity contribution in [1.82, 2.24) is 5.32 Å². The van der Waals surface area contributed by atoms with Crippen LogP contribution in [0.4, 0.5) is 5.69 Å². The highest BCUT2D eigenvalue weighted by atomic mass is 16.5. The van der Waals surface area contributed by atoms with Gasteiger partial charge in [0.2, 0.25) is 0 Å². The molecule has 0 bridgehead atoms. The summed E-state index contributed by atoms with van der Waals surface area (Å²) < 4.78 is 5.15. The smallest absolute Gasteiger partial charge is 0.119 e. The number of anilines is 1. The second-order valence-corrected chi connectivity index (χ2v) is 4.45. The van der Waals surface area contributed by atoms with Gasteiger partial charge >= 0.3 is 0 Å². The van der Waals surface area contributed by atoms with Crippen LogP contribution < -0.4 is 15.0 Å². The quantitative estimate of drug-likeness (QED) is 0.787. The Balaban J connectivity index is 2.38. The first-order valence-electron chi connectivity index (χ1n) is 6.20. The first-order chi connectivity index (χ1) is 8.17. The molecule has 1 aromatic carbocycles. The molecule has 0 aliphatic heterocycles. The monoisotopic (exact) mass is 236 g/mol. The van der Waals surface area contributed by atoms with Gasteiger partial charge in [-0.3, -0.25) is 0 Å². The molecule has 0 radical (unpaired) electrons. The minimum atomic E-state index is 0.597. The standard InChI is InChI=1S/C14H24N2O/c1-12(15-2)6-5-11-16(3)13-7-9-14(17-4)10-8-13/h7-10,12,15H,5-6,11H2,1-4H3. The molecule has 1 atom stereocenters. The van der Waals surface area contributed by atoms with Gasteiger partial charge in [-0.05, 0) is 51.1 Å². The van der Waals surface area contributed by atoms with Gasteiger partial charge in [0.15, 0.2) is 0 Å². The van der Waals surface area contributed by atoms with Gasteiger partial charge in [0, 0.05) is 25.3 Å². The van der Waals surface area contributed by atoms with Crippen molar-refractivity contribution in [2.75, 3.05) is 32.6 Å². The SMILES string of the molecule is CNC(C)CCCN(C)c1ccc(OC)cc1. The second kappa shape index (κ2) is 7.17. The zero-order valence-electron chi connectivity index (χ0n) is 11.4. The lowest BCUT2D eigenvalue weighted by Crippen LogP contribution is -2.24. The molecule has 3 nitrogen and oxygen atoms in total. The van der Waals surface area contributed by atoms with Crippen molar-refractivity contribution >= 4 is 5.69 Å². The fourth-order valence-electron chi connectivity index (χ4n) is 1.74. The molecule has 0 aliphatic rings. The van der Waals surface area contributed by atoms with Gasteiger partial charge in [-0.1, -0.05) is 0 Å². The number of nitrogens with one attached hydrogen (secondary N) is 1. The van der Waals surface area contributed by atoms with Crippen LogP contribution in [0.25, 0.3) is 0 Å². The first kappa shape index (κ1) is 13.8. The van der Waals surface area contributed by atoms with Crippen molar-refractivity contribution in [3.63, 3.8) is 0 Å². The van der Waals surface area contributed by atoms with Gasteiger partial charge in [-0.25, -0.2) is 0 Å². The van der Waals surface area contributed by atoms with Crippen LogP contribution in [-0.2, 0) is 0 Å². The summed E-state index contributed by atoms with van der Waals surface area (Å²) in [5.41, 5.74) is 1.24. The summed E-state index contributed by atoms with van der Waals surface area (Å²) in [6.45, 7) is 3.30. The molecular formula is C14H24N2O. The highest BCUT2D eigenvalue weighted by Crippen LogP contribution is 2.18. The summed E-state index contributed by atoms with van der Waals surface area (Å²) in [5.74, 6) is 0.908. The minimum Gasteiger partial charge on any atom is -0.497 e. The molecule has 96 valence electrons. The predicted molar refractivity (Wildman–Crippen MR) is 74.0 cm³/mol. The molecule has 0 fully saturated rings. The van der Waals surface area contributed by atoms with Gasteiger partial charge < -0.3 is 15.0 Å². The predicted octanol–water partition coefficient (Wildman–Crippen LogP) is 2.52. The van der Waals surface area contributed by atoms with E-state index >= 15 is 0 Å². The average molecular weight is 236 g/mol. The summed E-state index contributed by atoms with van der Waals surface area (Å²) in [7, 11) is 5.83. The van der Waals surface area contributed by atoms with Crippen LogP contribution in [0.15, 0.2) is 24.3 Å². The van der Waals surface area contributed by atoms with E-state index in [9.17, 15) is 0 Å². The normalized spacial score (nSPS) is 12.2. The Bertz CT molecular complexity index is 311. The maximum Gasteiger partial charge on any atom is 0.119 e. The van der Waals surface area contributed by atoms with Gasteiger partial charge in [0.25, 0.3) is 0 Å². The van der Waals surface area contributed by atoms with E-state index in [0.29, 0.717) is 6.04 Å². The maximum absolute atomic E-state index is 5.15. The van der Waals surface area contributed by atoms with E-state index in [1.807, 2.05) is 19.2 Å². The third-order valence-corrected chi connectivity index (χ3v) is 3.14. The van der Waals surface area contributed by atoms with Crippen molar-refractivity contribution in [3.05, 3.63) is 24.3 Å². The topological polar surface area (TPSA) is 24.5 Å². The molecule has 1 aromatic rings. The third-order valence-electron chi connectivity index (χ3n) is 3.14. The number of nitrogens with zero attached hydrogens (tertiary/aromatic N) is 1. The maximum atomic E-state index is 5.15. The molecule has 17 heavy (non-hydrogen) atoms. The molecule has 1 N–H and O–H groups in total. The molecule has 1 rings (SSSR count). The molecule has 0 aliphatic carbocycles. The van der Waals surface area contributed by atoms with E-state index in [0.717, 1.165) is 12.3 Å². The van der Waals surface area contributed by atoms with E-state index < -0.39 is 0 Å². The summed E-state index contributed by atoms with van der Waals surface area (Å²) in [6.07, 6.45) is 2.40. The molecule has 0 saturated carbocycles. The number of methoxy groups -OCH3 is 1. The fourth-order valence-corrected chi connectivity index (χ4v) is 1.74. The number of benzene rings is 1. The lowest BCUT2D eigenvalue weighted by atomic mass is 10.2. The lowest BCUT2D eigenvalue weighted by Gasteiger charge is -2.20. The fraction of sp³-hybridized carbons (Fsp3) is 0.571. The average Bonchev–Trinajstić information content (AvgIpc) is 2.38. The third kappa shape index (κ3) is 4.65. The molecule has 0 spiro atoms. The van der Waals surface area contributed by atoms with E-state index in [1.54, 1.807) is 7.11 Å². The van der Waals surface area contributed by atoms with E-state index in [2.05, 4.69) is 36.3 Å². The highest BCUT2D eigenvalue weighted by Gasteiger charge is 2.03. The van der Waals surface area contributed by atoms with Gasteiger partial charge in [-0.15, -0.1) is 0 Å².